The molecule has 2 aliphatic rings. The standard InChI is InChI=1S/C18H24N2O6/c1-10(21)13-14(19)15-12(25-16(13)17(22)20(2)23-3)9-24-18(26-15)11-7-5-4-6-8-11/h4-8,12-16,18H,9,19H2,1-3H3. The van der Waals surface area contributed by atoms with Crippen molar-refractivity contribution in [2.45, 2.75) is 37.6 Å². The van der Waals surface area contributed by atoms with Crippen LogP contribution in [0.4, 0.5) is 0 Å². The molecule has 2 saturated heterocycles. The van der Waals surface area contributed by atoms with Gasteiger partial charge in [-0.15, -0.1) is 0 Å². The van der Waals surface area contributed by atoms with E-state index < -0.39 is 42.5 Å². The Morgan fingerprint density at radius 2 is 1.92 bits per heavy atom. The second-order valence-electron chi connectivity index (χ2n) is 6.50. The summed E-state index contributed by atoms with van der Waals surface area (Å²) in [4.78, 5) is 29.7. The lowest BCUT2D eigenvalue weighted by atomic mass is 9.81. The first kappa shape index (κ1) is 18.9. The molecule has 0 bridgehead atoms. The van der Waals surface area contributed by atoms with Crippen molar-refractivity contribution in [3.05, 3.63) is 35.9 Å². The summed E-state index contributed by atoms with van der Waals surface area (Å²) in [5.41, 5.74) is 7.21. The predicted octanol–water partition coefficient (Wildman–Crippen LogP) is 0.420. The molecule has 142 valence electrons. The molecular weight excluding hydrogens is 340 g/mol. The largest absolute Gasteiger partial charge is 0.359 e. The van der Waals surface area contributed by atoms with Gasteiger partial charge in [0.05, 0.1) is 19.6 Å². The quantitative estimate of drug-likeness (QED) is 0.773. The van der Waals surface area contributed by atoms with E-state index >= 15 is 0 Å². The van der Waals surface area contributed by atoms with Crippen LogP contribution in [0.5, 0.6) is 0 Å². The Balaban J connectivity index is 1.81. The van der Waals surface area contributed by atoms with Gasteiger partial charge in [-0.3, -0.25) is 14.4 Å². The normalized spacial score (nSPS) is 34.0. The maximum atomic E-state index is 12.5. The van der Waals surface area contributed by atoms with Crippen molar-refractivity contribution in [2.75, 3.05) is 20.8 Å². The SMILES string of the molecule is CON(C)C(=O)C1OC2COC(c3ccccc3)OC2C(N)C1C(C)=O. The summed E-state index contributed by atoms with van der Waals surface area (Å²) in [6, 6.07) is 8.77. The zero-order valence-electron chi connectivity index (χ0n) is 15.0. The molecule has 2 aliphatic heterocycles. The van der Waals surface area contributed by atoms with Crippen LogP contribution in [0, 0.1) is 5.92 Å². The summed E-state index contributed by atoms with van der Waals surface area (Å²) in [7, 11) is 2.82. The van der Waals surface area contributed by atoms with E-state index in [2.05, 4.69) is 0 Å². The lowest BCUT2D eigenvalue weighted by Gasteiger charge is -2.47. The Kier molecular flexibility index (Phi) is 5.69. The fourth-order valence-electron chi connectivity index (χ4n) is 3.43. The second-order valence-corrected chi connectivity index (χ2v) is 6.50. The molecule has 2 N–H and O–H groups in total. The number of ether oxygens (including phenoxy) is 3. The summed E-state index contributed by atoms with van der Waals surface area (Å²) in [6.45, 7) is 1.61. The van der Waals surface area contributed by atoms with Gasteiger partial charge in [0.2, 0.25) is 0 Å². The average molecular weight is 364 g/mol. The van der Waals surface area contributed by atoms with Crippen LogP contribution in [-0.2, 0) is 28.6 Å². The van der Waals surface area contributed by atoms with E-state index in [0.717, 1.165) is 10.6 Å². The third-order valence-corrected chi connectivity index (χ3v) is 4.87. The number of nitrogens with two attached hydrogens (primary N) is 1. The van der Waals surface area contributed by atoms with Gasteiger partial charge >= 0.3 is 0 Å². The summed E-state index contributed by atoms with van der Waals surface area (Å²) < 4.78 is 17.6. The first-order valence-corrected chi connectivity index (χ1v) is 8.49. The van der Waals surface area contributed by atoms with Crippen LogP contribution >= 0.6 is 0 Å². The van der Waals surface area contributed by atoms with Crippen LogP contribution in [0.25, 0.3) is 0 Å². The van der Waals surface area contributed by atoms with E-state index in [4.69, 9.17) is 24.8 Å². The Hall–Kier alpha value is -1.84. The first-order chi connectivity index (χ1) is 12.4. The van der Waals surface area contributed by atoms with E-state index in [-0.39, 0.29) is 12.4 Å². The molecule has 8 heteroatoms. The molecule has 3 rings (SSSR count). The van der Waals surface area contributed by atoms with Crippen LogP contribution < -0.4 is 5.73 Å². The molecule has 1 aromatic rings. The van der Waals surface area contributed by atoms with Gasteiger partial charge in [0.1, 0.15) is 18.0 Å². The highest BCUT2D eigenvalue weighted by molar-refractivity contribution is 5.89. The maximum Gasteiger partial charge on any atom is 0.275 e. The number of likely N-dealkylation sites (N-methyl/N-ethyl adjacent to an activating group) is 1. The zero-order valence-corrected chi connectivity index (χ0v) is 15.0. The monoisotopic (exact) mass is 364 g/mol. The van der Waals surface area contributed by atoms with Gasteiger partial charge in [-0.1, -0.05) is 30.3 Å². The van der Waals surface area contributed by atoms with E-state index in [1.165, 1.54) is 21.1 Å². The van der Waals surface area contributed by atoms with Crippen LogP contribution in [0.15, 0.2) is 30.3 Å². The van der Waals surface area contributed by atoms with Gasteiger partial charge in [0.15, 0.2) is 12.4 Å². The lowest BCUT2D eigenvalue weighted by Crippen LogP contribution is -2.66. The number of amides is 1. The molecular formula is C18H24N2O6. The molecule has 0 spiro atoms. The highest BCUT2D eigenvalue weighted by Gasteiger charge is 2.52. The topological polar surface area (TPSA) is 100 Å². The molecule has 0 aliphatic carbocycles. The lowest BCUT2D eigenvalue weighted by molar-refractivity contribution is -0.299. The third kappa shape index (κ3) is 3.51. The second kappa shape index (κ2) is 7.81. The van der Waals surface area contributed by atoms with E-state index in [0.29, 0.717) is 0 Å². The maximum absolute atomic E-state index is 12.5. The summed E-state index contributed by atoms with van der Waals surface area (Å²) in [6.07, 6.45) is -2.72. The van der Waals surface area contributed by atoms with Crippen molar-refractivity contribution in [2.24, 2.45) is 11.7 Å². The van der Waals surface area contributed by atoms with Gasteiger partial charge in [-0.25, -0.2) is 5.06 Å². The van der Waals surface area contributed by atoms with Gasteiger partial charge in [0.25, 0.3) is 5.91 Å². The molecule has 2 fully saturated rings. The summed E-state index contributed by atoms with van der Waals surface area (Å²) in [5, 5.41) is 1.03. The van der Waals surface area contributed by atoms with Crippen LogP contribution in [0.2, 0.25) is 0 Å². The van der Waals surface area contributed by atoms with Gasteiger partial charge in [-0.05, 0) is 6.92 Å². The Morgan fingerprint density at radius 1 is 1.23 bits per heavy atom. The van der Waals surface area contributed by atoms with E-state index in [9.17, 15) is 9.59 Å². The molecule has 6 atom stereocenters. The smallest absolute Gasteiger partial charge is 0.275 e. The number of rotatable bonds is 4. The minimum absolute atomic E-state index is 0.211. The predicted molar refractivity (Wildman–Crippen MR) is 90.6 cm³/mol. The number of ketones is 1. The Bertz CT molecular complexity index is 654. The van der Waals surface area contributed by atoms with Gasteiger partial charge in [0, 0.05) is 18.7 Å². The molecule has 1 amide bonds. The minimum Gasteiger partial charge on any atom is -0.359 e. The average Bonchev–Trinajstić information content (AvgIpc) is 2.66. The van der Waals surface area contributed by atoms with Crippen molar-refractivity contribution in [3.8, 4) is 0 Å². The number of hydroxylamine groups is 2. The van der Waals surface area contributed by atoms with Crippen LogP contribution in [0.3, 0.4) is 0 Å². The zero-order chi connectivity index (χ0) is 18.8. The van der Waals surface area contributed by atoms with Crippen LogP contribution in [-0.4, -0.2) is 61.9 Å². The van der Waals surface area contributed by atoms with Crippen molar-refractivity contribution in [1.29, 1.82) is 0 Å². The summed E-state index contributed by atoms with van der Waals surface area (Å²) in [5.74, 6) is -1.52. The molecule has 0 saturated carbocycles. The number of carbonyl (C=O) groups excluding carboxylic acids is 2. The number of hydrogen-bond donors (Lipinski definition) is 1. The van der Waals surface area contributed by atoms with E-state index in [1.807, 2.05) is 30.3 Å². The number of fused-ring (bicyclic) bond motifs is 1. The number of carbonyl (C=O) groups is 2. The molecule has 8 nitrogen and oxygen atoms in total. The molecule has 1 aromatic carbocycles. The number of Topliss-reactive ketones (excluding diaryl/α,β-unsaturated/α-hetero) is 1. The highest BCUT2D eigenvalue weighted by Crippen LogP contribution is 2.36. The first-order valence-electron chi connectivity index (χ1n) is 8.49. The molecule has 26 heavy (non-hydrogen) atoms. The number of benzene rings is 1. The molecule has 0 radical (unpaired) electrons. The van der Waals surface area contributed by atoms with Crippen molar-refractivity contribution in [3.63, 3.8) is 0 Å². The fourth-order valence-corrected chi connectivity index (χ4v) is 3.43. The van der Waals surface area contributed by atoms with Gasteiger partial charge < -0.3 is 19.9 Å². The molecule has 0 aromatic heterocycles. The number of hydrogen-bond acceptors (Lipinski definition) is 7. The Morgan fingerprint density at radius 3 is 2.54 bits per heavy atom. The Labute approximate surface area is 152 Å². The van der Waals surface area contributed by atoms with E-state index in [1.54, 1.807) is 0 Å². The summed E-state index contributed by atoms with van der Waals surface area (Å²) >= 11 is 0. The minimum atomic E-state index is -1.03. The van der Waals surface area contributed by atoms with Crippen molar-refractivity contribution in [1.82, 2.24) is 5.06 Å². The molecule has 2 heterocycles. The van der Waals surface area contributed by atoms with Crippen LogP contribution in [0.1, 0.15) is 18.8 Å². The number of nitrogens with zero attached hydrogens (tertiary/aromatic N) is 1. The molecule has 6 unspecified atom stereocenters. The fraction of sp³-hybridized carbons (Fsp3) is 0.556. The van der Waals surface area contributed by atoms with Gasteiger partial charge in [-0.2, -0.15) is 0 Å². The van der Waals surface area contributed by atoms with Crippen molar-refractivity contribution >= 4 is 11.7 Å². The third-order valence-electron chi connectivity index (χ3n) is 4.87. The van der Waals surface area contributed by atoms with Crippen molar-refractivity contribution < 1.29 is 28.6 Å². The highest BCUT2D eigenvalue weighted by atomic mass is 16.7.